The van der Waals surface area contributed by atoms with Crippen molar-refractivity contribution in [3.8, 4) is 28.3 Å². The molecule has 202 valence electrons. The Morgan fingerprint density at radius 3 is 2.48 bits per heavy atom. The second-order valence-electron chi connectivity index (χ2n) is 10.9. The second-order valence-corrected chi connectivity index (χ2v) is 10.9. The summed E-state index contributed by atoms with van der Waals surface area (Å²) in [6.45, 7) is 4.78. The van der Waals surface area contributed by atoms with Gasteiger partial charge in [0.15, 0.2) is 5.78 Å². The number of hydrogen-bond acceptors (Lipinski definition) is 6. The number of hydrogen-bond donors (Lipinski definition) is 3. The number of aromatic nitrogens is 3. The van der Waals surface area contributed by atoms with Gasteiger partial charge in [0.2, 0.25) is 0 Å². The standard InChI is InChI=1S/C32H31N5O3/c1-18(38)19-7-9-20(10-8-19)22-15-23-26(16-28(22)40-2)36-32(39)29(31-34-24-5-3-4-6-25(24)35-31)30(23)33-27-17-37-13-11-21(27)12-14-37/h3-10,15-16,21,27H,11-14,17H2,1-2H3,(H,34,35)(H2,33,36,39)/t27-/m0/s1. The molecular weight excluding hydrogens is 502 g/mol. The molecule has 8 nitrogen and oxygen atoms in total. The molecule has 2 bridgehead atoms. The monoisotopic (exact) mass is 533 g/mol. The van der Waals surface area contributed by atoms with E-state index in [1.807, 2.05) is 54.6 Å². The van der Waals surface area contributed by atoms with E-state index in [9.17, 15) is 9.59 Å². The smallest absolute Gasteiger partial charge is 0.261 e. The SMILES string of the molecule is COc1cc2[nH]c(=O)c(-c3nc4ccccc4[nH]3)c(N[C@H]3CN4CCC3CC4)c2cc1-c1ccc(C(C)=O)cc1. The van der Waals surface area contributed by atoms with E-state index < -0.39 is 0 Å². The number of Topliss-reactive ketones (excluding diaryl/α,β-unsaturated/α-hetero) is 1. The highest BCUT2D eigenvalue weighted by molar-refractivity contribution is 6.02. The van der Waals surface area contributed by atoms with Gasteiger partial charge in [-0.15, -0.1) is 0 Å². The number of methoxy groups -OCH3 is 1. The van der Waals surface area contributed by atoms with Gasteiger partial charge in [-0.2, -0.15) is 0 Å². The van der Waals surface area contributed by atoms with Gasteiger partial charge in [0.1, 0.15) is 17.1 Å². The van der Waals surface area contributed by atoms with Crippen molar-refractivity contribution in [2.45, 2.75) is 25.8 Å². The average Bonchev–Trinajstić information content (AvgIpc) is 3.41. The molecule has 3 aliphatic rings. The van der Waals surface area contributed by atoms with Crippen molar-refractivity contribution in [1.29, 1.82) is 0 Å². The van der Waals surface area contributed by atoms with Crippen LogP contribution in [0, 0.1) is 5.92 Å². The van der Waals surface area contributed by atoms with Gasteiger partial charge in [-0.25, -0.2) is 4.98 Å². The number of imidazole rings is 1. The van der Waals surface area contributed by atoms with Gasteiger partial charge in [-0.05, 0) is 62.5 Å². The fourth-order valence-corrected chi connectivity index (χ4v) is 6.36. The predicted octanol–water partition coefficient (Wildman–Crippen LogP) is 5.46. The summed E-state index contributed by atoms with van der Waals surface area (Å²) in [5, 5.41) is 4.73. The first-order valence-electron chi connectivity index (χ1n) is 13.8. The first-order chi connectivity index (χ1) is 19.5. The van der Waals surface area contributed by atoms with Crippen LogP contribution in [0.15, 0.2) is 65.5 Å². The van der Waals surface area contributed by atoms with Gasteiger partial charge in [0.25, 0.3) is 5.56 Å². The zero-order valence-electron chi connectivity index (χ0n) is 22.6. The number of nitrogens with one attached hydrogen (secondary N) is 3. The molecular formula is C32H31N5O3. The first kappa shape index (κ1) is 24.6. The number of aromatic amines is 2. The number of nitrogens with zero attached hydrogens (tertiary/aromatic N) is 2. The van der Waals surface area contributed by atoms with Gasteiger partial charge >= 0.3 is 0 Å². The number of ketones is 1. The minimum absolute atomic E-state index is 0.0223. The quantitative estimate of drug-likeness (QED) is 0.251. The lowest BCUT2D eigenvalue weighted by Crippen LogP contribution is -2.53. The van der Waals surface area contributed by atoms with Crippen LogP contribution in [-0.4, -0.2) is 58.4 Å². The van der Waals surface area contributed by atoms with Crippen LogP contribution in [0.3, 0.4) is 0 Å². The molecule has 3 aliphatic heterocycles. The largest absolute Gasteiger partial charge is 0.496 e. The van der Waals surface area contributed by atoms with Gasteiger partial charge in [0.05, 0.1) is 29.3 Å². The lowest BCUT2D eigenvalue weighted by atomic mass is 9.83. The van der Waals surface area contributed by atoms with E-state index in [-0.39, 0.29) is 17.4 Å². The third-order valence-corrected chi connectivity index (χ3v) is 8.55. The van der Waals surface area contributed by atoms with Crippen molar-refractivity contribution in [1.82, 2.24) is 19.9 Å². The predicted molar refractivity (Wildman–Crippen MR) is 158 cm³/mol. The summed E-state index contributed by atoms with van der Waals surface area (Å²) < 4.78 is 5.78. The number of benzene rings is 3. The first-order valence-corrected chi connectivity index (χ1v) is 13.8. The van der Waals surface area contributed by atoms with Crippen molar-refractivity contribution in [2.75, 3.05) is 32.1 Å². The van der Waals surface area contributed by atoms with Crippen molar-refractivity contribution in [2.24, 2.45) is 5.92 Å². The molecule has 8 rings (SSSR count). The molecule has 0 unspecified atom stereocenters. The van der Waals surface area contributed by atoms with Gasteiger partial charge in [-0.3, -0.25) is 9.59 Å². The fourth-order valence-electron chi connectivity index (χ4n) is 6.36. The van der Waals surface area contributed by atoms with E-state index in [2.05, 4.69) is 26.3 Å². The molecule has 0 radical (unpaired) electrons. The highest BCUT2D eigenvalue weighted by atomic mass is 16.5. The molecule has 3 fully saturated rings. The van der Waals surface area contributed by atoms with Crippen LogP contribution in [0.1, 0.15) is 30.1 Å². The summed E-state index contributed by atoms with van der Waals surface area (Å²) in [5.74, 6) is 1.76. The van der Waals surface area contributed by atoms with E-state index in [0.717, 1.165) is 65.7 Å². The molecule has 0 saturated carbocycles. The molecule has 0 spiro atoms. The summed E-state index contributed by atoms with van der Waals surface area (Å²) >= 11 is 0. The van der Waals surface area contributed by atoms with Crippen LogP contribution in [0.5, 0.6) is 5.75 Å². The maximum atomic E-state index is 13.7. The zero-order chi connectivity index (χ0) is 27.4. The number of carbonyl (C=O) groups excluding carboxylic acids is 1. The Balaban J connectivity index is 1.45. The summed E-state index contributed by atoms with van der Waals surface area (Å²) in [7, 11) is 1.63. The number of anilines is 1. The second kappa shape index (κ2) is 9.64. The molecule has 3 aromatic carbocycles. The van der Waals surface area contributed by atoms with Gasteiger partial charge < -0.3 is 24.9 Å². The van der Waals surface area contributed by atoms with Gasteiger partial charge in [-0.1, -0.05) is 36.4 Å². The van der Waals surface area contributed by atoms with Crippen molar-refractivity contribution >= 4 is 33.4 Å². The molecule has 2 aromatic heterocycles. The molecule has 0 aliphatic carbocycles. The van der Waals surface area contributed by atoms with E-state index in [4.69, 9.17) is 9.72 Å². The lowest BCUT2D eigenvalue weighted by molar-refractivity contribution is 0.0976. The Labute approximate surface area is 231 Å². The topological polar surface area (TPSA) is 103 Å². The van der Waals surface area contributed by atoms with E-state index in [0.29, 0.717) is 34.1 Å². The third kappa shape index (κ3) is 4.16. The minimum atomic E-state index is -0.212. The van der Waals surface area contributed by atoms with Crippen LogP contribution in [0.25, 0.3) is 44.5 Å². The van der Waals surface area contributed by atoms with Crippen LogP contribution >= 0.6 is 0 Å². The Hall–Kier alpha value is -4.43. The van der Waals surface area contributed by atoms with Crippen LogP contribution < -0.4 is 15.6 Å². The molecule has 8 heteroatoms. The molecule has 5 aromatic rings. The number of piperidine rings is 3. The lowest BCUT2D eigenvalue weighted by Gasteiger charge is -2.45. The highest BCUT2D eigenvalue weighted by Gasteiger charge is 2.35. The van der Waals surface area contributed by atoms with Crippen LogP contribution in [-0.2, 0) is 0 Å². The van der Waals surface area contributed by atoms with Crippen molar-refractivity contribution in [3.05, 3.63) is 76.6 Å². The molecule has 3 N–H and O–H groups in total. The van der Waals surface area contributed by atoms with Crippen LogP contribution in [0.4, 0.5) is 5.69 Å². The van der Waals surface area contributed by atoms with E-state index >= 15 is 0 Å². The maximum absolute atomic E-state index is 13.7. The highest BCUT2D eigenvalue weighted by Crippen LogP contribution is 2.40. The minimum Gasteiger partial charge on any atom is -0.496 e. The summed E-state index contributed by atoms with van der Waals surface area (Å²) in [5.41, 5.74) is 5.91. The zero-order valence-corrected chi connectivity index (χ0v) is 22.6. The summed E-state index contributed by atoms with van der Waals surface area (Å²) in [6.07, 6.45) is 2.31. The fraction of sp³-hybridized carbons (Fsp3) is 0.281. The maximum Gasteiger partial charge on any atom is 0.261 e. The molecule has 3 saturated heterocycles. The number of ether oxygens (including phenoxy) is 1. The Morgan fingerprint density at radius 1 is 1.02 bits per heavy atom. The Bertz CT molecular complexity index is 1780. The van der Waals surface area contributed by atoms with Crippen LogP contribution in [0.2, 0.25) is 0 Å². The van der Waals surface area contributed by atoms with Crippen molar-refractivity contribution in [3.63, 3.8) is 0 Å². The average molecular weight is 534 g/mol. The number of rotatable bonds is 6. The van der Waals surface area contributed by atoms with Crippen molar-refractivity contribution < 1.29 is 9.53 Å². The summed E-state index contributed by atoms with van der Waals surface area (Å²) in [4.78, 5) is 39.4. The Morgan fingerprint density at radius 2 is 1.80 bits per heavy atom. The number of H-pyrrole nitrogens is 2. The molecule has 1 atom stereocenters. The van der Waals surface area contributed by atoms with Gasteiger partial charge in [0, 0.05) is 35.2 Å². The summed E-state index contributed by atoms with van der Waals surface area (Å²) in [6, 6.07) is 19.5. The molecule has 40 heavy (non-hydrogen) atoms. The Kier molecular flexibility index (Phi) is 5.93. The number of carbonyl (C=O) groups is 1. The number of pyridine rings is 1. The third-order valence-electron chi connectivity index (χ3n) is 8.55. The molecule has 5 heterocycles. The number of fused-ring (bicyclic) bond motifs is 5. The number of para-hydroxylation sites is 2. The van der Waals surface area contributed by atoms with E-state index in [1.165, 1.54) is 0 Å². The molecule has 0 amide bonds. The normalized spacial score (nSPS) is 20.2. The van der Waals surface area contributed by atoms with E-state index in [1.54, 1.807) is 14.0 Å².